The molecule has 6 nitrogen and oxygen atoms in total. The van der Waals surface area contributed by atoms with Crippen LogP contribution < -0.4 is 5.32 Å². The number of aryl methyl sites for hydroxylation is 1. The zero-order valence-corrected chi connectivity index (χ0v) is 14.5. The SMILES string of the molecule is CCc1ccc2c(Nc3ccc(F)c(O)c3)nc(-c3cnccn3)nc2c1. The molecule has 2 aromatic carbocycles. The first-order valence-corrected chi connectivity index (χ1v) is 8.46. The third-order valence-electron chi connectivity index (χ3n) is 4.17. The number of benzene rings is 2. The van der Waals surface area contributed by atoms with Crippen molar-refractivity contribution in [2.75, 3.05) is 5.32 Å². The highest BCUT2D eigenvalue weighted by Gasteiger charge is 2.12. The van der Waals surface area contributed by atoms with E-state index in [4.69, 9.17) is 0 Å². The maximum Gasteiger partial charge on any atom is 0.182 e. The summed E-state index contributed by atoms with van der Waals surface area (Å²) in [5.41, 5.74) is 2.97. The normalized spacial score (nSPS) is 10.9. The highest BCUT2D eigenvalue weighted by molar-refractivity contribution is 5.92. The molecule has 7 heteroatoms. The average Bonchev–Trinajstić information content (AvgIpc) is 2.70. The Morgan fingerprint density at radius 2 is 1.96 bits per heavy atom. The summed E-state index contributed by atoms with van der Waals surface area (Å²) >= 11 is 0. The Labute approximate surface area is 154 Å². The molecule has 0 saturated heterocycles. The summed E-state index contributed by atoms with van der Waals surface area (Å²) in [6.07, 6.45) is 5.64. The molecule has 0 spiro atoms. The van der Waals surface area contributed by atoms with Crippen molar-refractivity contribution in [1.29, 1.82) is 0 Å². The van der Waals surface area contributed by atoms with Crippen molar-refractivity contribution in [3.63, 3.8) is 0 Å². The van der Waals surface area contributed by atoms with Crippen LogP contribution >= 0.6 is 0 Å². The summed E-state index contributed by atoms with van der Waals surface area (Å²) in [6.45, 7) is 2.08. The molecule has 2 aromatic heterocycles. The second kappa shape index (κ2) is 6.95. The number of halogens is 1. The molecule has 4 aromatic rings. The minimum atomic E-state index is -0.680. The summed E-state index contributed by atoms with van der Waals surface area (Å²) < 4.78 is 13.3. The number of fused-ring (bicyclic) bond motifs is 1. The van der Waals surface area contributed by atoms with Gasteiger partial charge in [-0.05, 0) is 36.2 Å². The van der Waals surface area contributed by atoms with E-state index >= 15 is 0 Å². The predicted octanol–water partition coefficient (Wildman–Crippen LogP) is 4.24. The summed E-state index contributed by atoms with van der Waals surface area (Å²) in [7, 11) is 0. The van der Waals surface area contributed by atoms with Crippen LogP contribution in [0.4, 0.5) is 15.9 Å². The topological polar surface area (TPSA) is 83.8 Å². The highest BCUT2D eigenvalue weighted by Crippen LogP contribution is 2.29. The van der Waals surface area contributed by atoms with Gasteiger partial charge in [-0.25, -0.2) is 19.3 Å². The van der Waals surface area contributed by atoms with Crippen LogP contribution in [0.3, 0.4) is 0 Å². The van der Waals surface area contributed by atoms with Crippen LogP contribution in [0.15, 0.2) is 55.0 Å². The summed E-state index contributed by atoms with van der Waals surface area (Å²) in [4.78, 5) is 17.5. The van der Waals surface area contributed by atoms with Crippen molar-refractivity contribution >= 4 is 22.4 Å². The molecule has 0 bridgehead atoms. The number of hydrogen-bond acceptors (Lipinski definition) is 6. The van der Waals surface area contributed by atoms with Crippen molar-refractivity contribution in [2.24, 2.45) is 0 Å². The number of aromatic nitrogens is 4. The van der Waals surface area contributed by atoms with Crippen LogP contribution in [0.5, 0.6) is 5.75 Å². The van der Waals surface area contributed by atoms with Crippen molar-refractivity contribution in [3.05, 3.63) is 66.4 Å². The van der Waals surface area contributed by atoms with Gasteiger partial charge in [0.1, 0.15) is 11.5 Å². The predicted molar refractivity (Wildman–Crippen MR) is 101 cm³/mol. The van der Waals surface area contributed by atoms with Gasteiger partial charge in [0.25, 0.3) is 0 Å². The minimum Gasteiger partial charge on any atom is -0.505 e. The quantitative estimate of drug-likeness (QED) is 0.566. The van der Waals surface area contributed by atoms with Crippen molar-refractivity contribution in [1.82, 2.24) is 19.9 Å². The molecular weight excluding hydrogens is 345 g/mol. The Balaban J connectivity index is 1.87. The zero-order valence-electron chi connectivity index (χ0n) is 14.5. The second-order valence-corrected chi connectivity index (χ2v) is 5.98. The largest absolute Gasteiger partial charge is 0.505 e. The van der Waals surface area contributed by atoms with Gasteiger partial charge in [-0.2, -0.15) is 0 Å². The average molecular weight is 361 g/mol. The molecule has 0 saturated carbocycles. The number of nitrogens with one attached hydrogen (secondary N) is 1. The van der Waals surface area contributed by atoms with Gasteiger partial charge in [0, 0.05) is 29.5 Å². The van der Waals surface area contributed by atoms with E-state index in [-0.39, 0.29) is 0 Å². The molecule has 0 atom stereocenters. The first-order valence-electron chi connectivity index (χ1n) is 8.46. The van der Waals surface area contributed by atoms with Crippen molar-refractivity contribution in [2.45, 2.75) is 13.3 Å². The van der Waals surface area contributed by atoms with Gasteiger partial charge in [-0.15, -0.1) is 0 Å². The van der Waals surface area contributed by atoms with Crippen LogP contribution in [0.2, 0.25) is 0 Å². The van der Waals surface area contributed by atoms with Gasteiger partial charge < -0.3 is 10.4 Å². The third-order valence-corrected chi connectivity index (χ3v) is 4.17. The fourth-order valence-corrected chi connectivity index (χ4v) is 2.75. The smallest absolute Gasteiger partial charge is 0.182 e. The number of aromatic hydroxyl groups is 1. The van der Waals surface area contributed by atoms with E-state index in [1.54, 1.807) is 18.6 Å². The Morgan fingerprint density at radius 3 is 2.70 bits per heavy atom. The monoisotopic (exact) mass is 361 g/mol. The first kappa shape index (κ1) is 16.8. The maximum atomic E-state index is 13.3. The van der Waals surface area contributed by atoms with Gasteiger partial charge in [0.2, 0.25) is 0 Å². The molecule has 2 N–H and O–H groups in total. The molecule has 134 valence electrons. The molecule has 0 aliphatic carbocycles. The number of phenols is 1. The van der Waals surface area contributed by atoms with E-state index in [0.717, 1.165) is 22.9 Å². The van der Waals surface area contributed by atoms with Crippen molar-refractivity contribution < 1.29 is 9.50 Å². The van der Waals surface area contributed by atoms with E-state index in [9.17, 15) is 9.50 Å². The van der Waals surface area contributed by atoms with Crippen LogP contribution in [-0.4, -0.2) is 25.0 Å². The number of hydrogen-bond donors (Lipinski definition) is 2. The van der Waals surface area contributed by atoms with Gasteiger partial charge in [-0.3, -0.25) is 4.98 Å². The van der Waals surface area contributed by atoms with Crippen LogP contribution in [-0.2, 0) is 6.42 Å². The molecular formula is C20H16FN5O. The lowest BCUT2D eigenvalue weighted by atomic mass is 10.1. The highest BCUT2D eigenvalue weighted by atomic mass is 19.1. The number of anilines is 2. The third kappa shape index (κ3) is 3.39. The lowest BCUT2D eigenvalue weighted by Gasteiger charge is -2.12. The fourth-order valence-electron chi connectivity index (χ4n) is 2.75. The van der Waals surface area contributed by atoms with Gasteiger partial charge >= 0.3 is 0 Å². The van der Waals surface area contributed by atoms with E-state index in [1.807, 2.05) is 18.2 Å². The Bertz CT molecular complexity index is 1120. The fraction of sp³-hybridized carbons (Fsp3) is 0.100. The van der Waals surface area contributed by atoms with Gasteiger partial charge in [0.05, 0.1) is 11.7 Å². The Morgan fingerprint density at radius 1 is 1.07 bits per heavy atom. The van der Waals surface area contributed by atoms with Crippen LogP contribution in [0.25, 0.3) is 22.4 Å². The van der Waals surface area contributed by atoms with Crippen LogP contribution in [0.1, 0.15) is 12.5 Å². The molecule has 2 heterocycles. The second-order valence-electron chi connectivity index (χ2n) is 5.98. The summed E-state index contributed by atoms with van der Waals surface area (Å²) in [6, 6.07) is 10.0. The first-order chi connectivity index (χ1) is 13.1. The van der Waals surface area contributed by atoms with Gasteiger partial charge in [0.15, 0.2) is 17.4 Å². The van der Waals surface area contributed by atoms with E-state index in [2.05, 4.69) is 32.2 Å². The van der Waals surface area contributed by atoms with Crippen LogP contribution in [0, 0.1) is 5.82 Å². The molecule has 0 fully saturated rings. The summed E-state index contributed by atoms with van der Waals surface area (Å²) in [5.74, 6) is -0.145. The molecule has 4 rings (SSSR count). The van der Waals surface area contributed by atoms with Crippen molar-refractivity contribution in [3.8, 4) is 17.3 Å². The zero-order chi connectivity index (χ0) is 18.8. The molecule has 0 radical (unpaired) electrons. The lowest BCUT2D eigenvalue weighted by molar-refractivity contribution is 0.433. The summed E-state index contributed by atoms with van der Waals surface area (Å²) in [5, 5.41) is 13.6. The van der Waals surface area contributed by atoms with E-state index in [1.165, 1.54) is 18.2 Å². The molecule has 0 amide bonds. The minimum absolute atomic E-state index is 0.428. The molecule has 27 heavy (non-hydrogen) atoms. The molecule has 0 aliphatic heterocycles. The Hall–Kier alpha value is -3.61. The number of phenolic OH excluding ortho intramolecular Hbond substituents is 1. The number of rotatable bonds is 4. The lowest BCUT2D eigenvalue weighted by Crippen LogP contribution is -2.01. The molecule has 0 aliphatic rings. The van der Waals surface area contributed by atoms with E-state index < -0.39 is 11.6 Å². The standard InChI is InChI=1S/C20H16FN5O/c1-2-12-3-5-14-16(9-12)25-20(17-11-22-7-8-23-17)26-19(14)24-13-4-6-15(21)18(27)10-13/h3-11,27H,2H2,1H3,(H,24,25,26). The maximum absolute atomic E-state index is 13.3. The van der Waals surface area contributed by atoms with Gasteiger partial charge in [-0.1, -0.05) is 13.0 Å². The number of nitrogens with zero attached hydrogens (tertiary/aromatic N) is 4. The molecule has 0 unspecified atom stereocenters. The van der Waals surface area contributed by atoms with E-state index in [0.29, 0.717) is 23.0 Å². The Kier molecular flexibility index (Phi) is 4.33.